The molecular formula is C20H22N4O4. The quantitative estimate of drug-likeness (QED) is 0.606. The molecule has 0 spiro atoms. The van der Waals surface area contributed by atoms with Crippen LogP contribution < -0.4 is 14.8 Å². The van der Waals surface area contributed by atoms with Gasteiger partial charge in [-0.15, -0.1) is 0 Å². The molecule has 1 N–H and O–H groups in total. The van der Waals surface area contributed by atoms with Gasteiger partial charge in [-0.25, -0.2) is 4.98 Å². The number of pyridine rings is 1. The number of hydrogen-bond donors (Lipinski definition) is 1. The third-order valence-corrected chi connectivity index (χ3v) is 3.93. The molecule has 0 fully saturated rings. The molecule has 0 atom stereocenters. The number of rotatable bonds is 9. The van der Waals surface area contributed by atoms with E-state index in [0.717, 1.165) is 11.3 Å². The van der Waals surface area contributed by atoms with E-state index < -0.39 is 0 Å². The SMILES string of the molecule is COc1ccc(Oc2cc(CNC(=O)CCCc3nc(C)no3)ccn2)cc1. The number of amides is 1. The number of carbonyl (C=O) groups is 1. The molecule has 0 aliphatic rings. The first kappa shape index (κ1) is 19.3. The monoisotopic (exact) mass is 382 g/mol. The van der Waals surface area contributed by atoms with Crippen LogP contribution in [0, 0.1) is 6.92 Å². The minimum absolute atomic E-state index is 0.0364. The second-order valence-electron chi connectivity index (χ2n) is 6.15. The molecule has 8 nitrogen and oxygen atoms in total. The molecule has 3 rings (SSSR count). The Labute approximate surface area is 162 Å². The van der Waals surface area contributed by atoms with Crippen LogP contribution in [0.5, 0.6) is 17.4 Å². The standard InChI is InChI=1S/C20H22N4O4/c1-14-23-19(28-24-14)5-3-4-18(25)22-13-15-10-11-21-20(12-15)27-17-8-6-16(26-2)7-9-17/h6-12H,3-5,13H2,1-2H3,(H,22,25). The van der Waals surface area contributed by atoms with E-state index in [9.17, 15) is 4.79 Å². The van der Waals surface area contributed by atoms with Crippen molar-refractivity contribution < 1.29 is 18.8 Å². The lowest BCUT2D eigenvalue weighted by Crippen LogP contribution is -2.22. The average molecular weight is 382 g/mol. The van der Waals surface area contributed by atoms with Crippen LogP contribution in [0.1, 0.15) is 30.1 Å². The number of ether oxygens (including phenoxy) is 2. The van der Waals surface area contributed by atoms with E-state index in [1.165, 1.54) is 0 Å². The number of carbonyl (C=O) groups excluding carboxylic acids is 1. The first-order valence-electron chi connectivity index (χ1n) is 8.95. The topological polar surface area (TPSA) is 99.4 Å². The van der Waals surface area contributed by atoms with Crippen molar-refractivity contribution in [2.24, 2.45) is 0 Å². The molecule has 0 saturated heterocycles. The number of methoxy groups -OCH3 is 1. The van der Waals surface area contributed by atoms with Gasteiger partial charge in [0, 0.05) is 31.6 Å². The molecule has 146 valence electrons. The molecule has 0 bridgehead atoms. The zero-order valence-corrected chi connectivity index (χ0v) is 15.8. The zero-order chi connectivity index (χ0) is 19.8. The Kier molecular flexibility index (Phi) is 6.56. The van der Waals surface area contributed by atoms with Gasteiger partial charge in [0.15, 0.2) is 5.82 Å². The molecule has 0 radical (unpaired) electrons. The Morgan fingerprint density at radius 2 is 1.96 bits per heavy atom. The summed E-state index contributed by atoms with van der Waals surface area (Å²) in [7, 11) is 1.61. The van der Waals surface area contributed by atoms with Crippen LogP contribution in [0.2, 0.25) is 0 Å². The number of aryl methyl sites for hydroxylation is 2. The van der Waals surface area contributed by atoms with Crippen LogP contribution in [-0.2, 0) is 17.8 Å². The predicted molar refractivity (Wildman–Crippen MR) is 101 cm³/mol. The highest BCUT2D eigenvalue weighted by Gasteiger charge is 2.07. The van der Waals surface area contributed by atoms with Gasteiger partial charge in [0.2, 0.25) is 17.7 Å². The highest BCUT2D eigenvalue weighted by molar-refractivity contribution is 5.75. The predicted octanol–water partition coefficient (Wildman–Crippen LogP) is 3.21. The first-order valence-corrected chi connectivity index (χ1v) is 8.95. The summed E-state index contributed by atoms with van der Waals surface area (Å²) >= 11 is 0. The van der Waals surface area contributed by atoms with Gasteiger partial charge in [0.05, 0.1) is 7.11 Å². The van der Waals surface area contributed by atoms with Crippen molar-refractivity contribution in [1.29, 1.82) is 0 Å². The maximum Gasteiger partial charge on any atom is 0.226 e. The molecule has 2 aromatic heterocycles. The maximum absolute atomic E-state index is 12.0. The van der Waals surface area contributed by atoms with E-state index in [1.54, 1.807) is 38.4 Å². The van der Waals surface area contributed by atoms with Gasteiger partial charge in [-0.2, -0.15) is 4.98 Å². The van der Waals surface area contributed by atoms with Crippen molar-refractivity contribution in [2.45, 2.75) is 32.7 Å². The lowest BCUT2D eigenvalue weighted by Gasteiger charge is -2.08. The number of benzene rings is 1. The van der Waals surface area contributed by atoms with E-state index >= 15 is 0 Å². The smallest absolute Gasteiger partial charge is 0.226 e. The summed E-state index contributed by atoms with van der Waals surface area (Å²) in [4.78, 5) is 20.3. The molecule has 0 saturated carbocycles. The molecule has 2 heterocycles. The van der Waals surface area contributed by atoms with Gasteiger partial charge in [0.25, 0.3) is 0 Å². The van der Waals surface area contributed by atoms with Crippen molar-refractivity contribution in [3.8, 4) is 17.4 Å². The minimum Gasteiger partial charge on any atom is -0.497 e. The molecule has 1 amide bonds. The van der Waals surface area contributed by atoms with Crippen molar-refractivity contribution in [3.05, 3.63) is 59.9 Å². The highest BCUT2D eigenvalue weighted by atomic mass is 16.5. The largest absolute Gasteiger partial charge is 0.497 e. The summed E-state index contributed by atoms with van der Waals surface area (Å²) in [5.74, 6) is 3.00. The normalized spacial score (nSPS) is 10.5. The van der Waals surface area contributed by atoms with Crippen molar-refractivity contribution >= 4 is 5.91 Å². The maximum atomic E-state index is 12.0. The summed E-state index contributed by atoms with van der Waals surface area (Å²) in [5, 5.41) is 6.62. The number of nitrogens with one attached hydrogen (secondary N) is 1. The highest BCUT2D eigenvalue weighted by Crippen LogP contribution is 2.22. The van der Waals surface area contributed by atoms with Gasteiger partial charge in [0.1, 0.15) is 11.5 Å². The molecule has 28 heavy (non-hydrogen) atoms. The van der Waals surface area contributed by atoms with Crippen LogP contribution in [0.15, 0.2) is 47.1 Å². The Morgan fingerprint density at radius 3 is 2.68 bits per heavy atom. The second-order valence-corrected chi connectivity index (χ2v) is 6.15. The molecule has 0 aliphatic carbocycles. The Morgan fingerprint density at radius 1 is 1.18 bits per heavy atom. The fourth-order valence-electron chi connectivity index (χ4n) is 2.51. The van der Waals surface area contributed by atoms with Crippen LogP contribution in [0.25, 0.3) is 0 Å². The molecule has 3 aromatic rings. The zero-order valence-electron chi connectivity index (χ0n) is 15.8. The number of nitrogens with zero attached hydrogens (tertiary/aromatic N) is 3. The van der Waals surface area contributed by atoms with Crippen molar-refractivity contribution in [3.63, 3.8) is 0 Å². The van der Waals surface area contributed by atoms with E-state index in [0.29, 0.717) is 49.2 Å². The summed E-state index contributed by atoms with van der Waals surface area (Å²) < 4.78 is 15.9. The Bertz CT molecular complexity index is 909. The van der Waals surface area contributed by atoms with Crippen molar-refractivity contribution in [2.75, 3.05) is 7.11 Å². The Balaban J connectivity index is 1.45. The van der Waals surface area contributed by atoms with Gasteiger partial charge < -0.3 is 19.3 Å². The number of hydrogen-bond acceptors (Lipinski definition) is 7. The van der Waals surface area contributed by atoms with Gasteiger partial charge in [-0.1, -0.05) is 5.16 Å². The molecule has 0 unspecified atom stereocenters. The summed E-state index contributed by atoms with van der Waals surface area (Å²) in [5.41, 5.74) is 0.902. The van der Waals surface area contributed by atoms with Crippen LogP contribution in [-0.4, -0.2) is 28.1 Å². The van der Waals surface area contributed by atoms with Crippen LogP contribution >= 0.6 is 0 Å². The molecule has 0 aliphatic heterocycles. The van der Waals surface area contributed by atoms with E-state index in [2.05, 4.69) is 20.4 Å². The molecular weight excluding hydrogens is 360 g/mol. The van der Waals surface area contributed by atoms with E-state index in [-0.39, 0.29) is 5.91 Å². The van der Waals surface area contributed by atoms with E-state index in [4.69, 9.17) is 14.0 Å². The fraction of sp³-hybridized carbons (Fsp3) is 0.300. The first-order chi connectivity index (χ1) is 13.6. The molecule has 1 aromatic carbocycles. The minimum atomic E-state index is -0.0364. The fourth-order valence-corrected chi connectivity index (χ4v) is 2.51. The summed E-state index contributed by atoms with van der Waals surface area (Å²) in [6.07, 6.45) is 3.28. The van der Waals surface area contributed by atoms with Crippen LogP contribution in [0.3, 0.4) is 0 Å². The summed E-state index contributed by atoms with van der Waals surface area (Å²) in [6.45, 7) is 2.17. The second kappa shape index (κ2) is 9.50. The third kappa shape index (κ3) is 5.80. The third-order valence-electron chi connectivity index (χ3n) is 3.93. The van der Waals surface area contributed by atoms with Gasteiger partial charge in [-0.3, -0.25) is 4.79 Å². The van der Waals surface area contributed by atoms with Gasteiger partial charge in [-0.05, 0) is 49.2 Å². The van der Waals surface area contributed by atoms with Crippen molar-refractivity contribution in [1.82, 2.24) is 20.4 Å². The number of aromatic nitrogens is 3. The lowest BCUT2D eigenvalue weighted by atomic mass is 10.2. The van der Waals surface area contributed by atoms with Crippen LogP contribution in [0.4, 0.5) is 0 Å². The summed E-state index contributed by atoms with van der Waals surface area (Å²) in [6, 6.07) is 10.9. The lowest BCUT2D eigenvalue weighted by molar-refractivity contribution is -0.121. The molecule has 8 heteroatoms. The van der Waals surface area contributed by atoms with Gasteiger partial charge >= 0.3 is 0 Å². The average Bonchev–Trinajstić information content (AvgIpc) is 3.12. The Hall–Kier alpha value is -3.42. The van der Waals surface area contributed by atoms with E-state index in [1.807, 2.05) is 18.2 Å².